The van der Waals surface area contributed by atoms with E-state index in [1.54, 1.807) is 5.56 Å². The Kier molecular flexibility index (Phi) is 11.1. The van der Waals surface area contributed by atoms with Gasteiger partial charge in [0.25, 0.3) is 0 Å². The van der Waals surface area contributed by atoms with Crippen LogP contribution in [0.25, 0.3) is 0 Å². The molecule has 0 aromatic heterocycles. The van der Waals surface area contributed by atoms with Gasteiger partial charge in [0.05, 0.1) is 0 Å². The van der Waals surface area contributed by atoms with Crippen molar-refractivity contribution < 1.29 is 0 Å². The Labute approximate surface area is 146 Å². The van der Waals surface area contributed by atoms with Crippen molar-refractivity contribution in [2.75, 3.05) is 0 Å². The molecule has 2 atom stereocenters. The molecule has 1 aromatic rings. The van der Waals surface area contributed by atoms with Crippen LogP contribution in [0.5, 0.6) is 0 Å². The molecule has 0 spiro atoms. The van der Waals surface area contributed by atoms with Crippen molar-refractivity contribution in [3.8, 4) is 0 Å². The monoisotopic (exact) mass is 316 g/mol. The van der Waals surface area contributed by atoms with E-state index in [0.717, 1.165) is 17.8 Å². The lowest BCUT2D eigenvalue weighted by atomic mass is 9.78. The minimum Gasteiger partial charge on any atom is -0.0654 e. The molecular formula is C23H40. The van der Waals surface area contributed by atoms with Gasteiger partial charge in [-0.15, -0.1) is 0 Å². The number of rotatable bonds is 13. The van der Waals surface area contributed by atoms with Crippen molar-refractivity contribution in [3.05, 3.63) is 35.9 Å². The standard InChI is InChI=1S/C23H40/c1-5-9-14-20(7-3)18-23(22-16-12-11-13-17-22)19-21(8-4)15-10-6-2/h11-13,16-17,20-21,23H,5-10,14-15,18-19H2,1-4H3. The van der Waals surface area contributed by atoms with Crippen molar-refractivity contribution >= 4 is 0 Å². The zero-order chi connectivity index (χ0) is 16.9. The third kappa shape index (κ3) is 8.04. The van der Waals surface area contributed by atoms with Gasteiger partial charge in [0.2, 0.25) is 0 Å². The minimum absolute atomic E-state index is 0.764. The fourth-order valence-corrected chi connectivity index (χ4v) is 3.86. The lowest BCUT2D eigenvalue weighted by molar-refractivity contribution is 0.322. The molecule has 1 aromatic carbocycles. The van der Waals surface area contributed by atoms with Crippen LogP contribution in [0, 0.1) is 11.8 Å². The van der Waals surface area contributed by atoms with Gasteiger partial charge in [-0.1, -0.05) is 109 Å². The average Bonchev–Trinajstić information content (AvgIpc) is 2.61. The fourth-order valence-electron chi connectivity index (χ4n) is 3.86. The highest BCUT2D eigenvalue weighted by Gasteiger charge is 2.20. The Morgan fingerprint density at radius 3 is 1.57 bits per heavy atom. The molecule has 0 saturated heterocycles. The molecule has 0 heterocycles. The molecule has 0 nitrogen and oxygen atoms in total. The number of hydrogen-bond donors (Lipinski definition) is 0. The van der Waals surface area contributed by atoms with E-state index in [4.69, 9.17) is 0 Å². The van der Waals surface area contributed by atoms with Crippen molar-refractivity contribution in [1.82, 2.24) is 0 Å². The third-order valence-corrected chi connectivity index (χ3v) is 5.59. The molecule has 1 rings (SSSR count). The van der Waals surface area contributed by atoms with Gasteiger partial charge in [-0.3, -0.25) is 0 Å². The SMILES string of the molecule is CCCCC(CC)CC(CC(CC)CCCC)c1ccccc1. The predicted molar refractivity (Wildman–Crippen MR) is 105 cm³/mol. The van der Waals surface area contributed by atoms with E-state index in [2.05, 4.69) is 58.0 Å². The summed E-state index contributed by atoms with van der Waals surface area (Å²) in [5.74, 6) is 2.58. The Bertz CT molecular complexity index is 349. The van der Waals surface area contributed by atoms with E-state index in [-0.39, 0.29) is 0 Å². The second kappa shape index (κ2) is 12.6. The van der Waals surface area contributed by atoms with Gasteiger partial charge in [-0.05, 0) is 36.2 Å². The highest BCUT2D eigenvalue weighted by atomic mass is 14.3. The predicted octanol–water partition coefficient (Wildman–Crippen LogP) is 7.98. The molecule has 0 aliphatic carbocycles. The van der Waals surface area contributed by atoms with Crippen molar-refractivity contribution in [2.24, 2.45) is 11.8 Å². The largest absolute Gasteiger partial charge is 0.0654 e. The van der Waals surface area contributed by atoms with Gasteiger partial charge in [-0.2, -0.15) is 0 Å². The van der Waals surface area contributed by atoms with Crippen molar-refractivity contribution in [2.45, 2.75) is 97.8 Å². The van der Waals surface area contributed by atoms with Gasteiger partial charge in [-0.25, -0.2) is 0 Å². The lowest BCUT2D eigenvalue weighted by Crippen LogP contribution is -2.12. The van der Waals surface area contributed by atoms with Crippen LogP contribution in [0.3, 0.4) is 0 Å². The maximum Gasteiger partial charge on any atom is -0.0157 e. The Morgan fingerprint density at radius 1 is 0.696 bits per heavy atom. The first-order chi connectivity index (χ1) is 11.2. The summed E-state index contributed by atoms with van der Waals surface area (Å²) in [6.07, 6.45) is 13.8. The average molecular weight is 317 g/mol. The van der Waals surface area contributed by atoms with Gasteiger partial charge >= 0.3 is 0 Å². The van der Waals surface area contributed by atoms with Crippen LogP contribution < -0.4 is 0 Å². The van der Waals surface area contributed by atoms with Crippen LogP contribution in [-0.2, 0) is 0 Å². The maximum atomic E-state index is 2.39. The summed E-state index contributed by atoms with van der Waals surface area (Å²) in [6, 6.07) is 11.3. The van der Waals surface area contributed by atoms with E-state index in [1.807, 2.05) is 0 Å². The van der Waals surface area contributed by atoms with E-state index in [1.165, 1.54) is 64.2 Å². The Balaban J connectivity index is 2.76. The maximum absolute atomic E-state index is 2.39. The van der Waals surface area contributed by atoms with Gasteiger partial charge in [0.1, 0.15) is 0 Å². The van der Waals surface area contributed by atoms with E-state index in [9.17, 15) is 0 Å². The van der Waals surface area contributed by atoms with Crippen molar-refractivity contribution in [1.29, 1.82) is 0 Å². The topological polar surface area (TPSA) is 0 Å². The molecule has 0 radical (unpaired) electrons. The lowest BCUT2D eigenvalue weighted by Gasteiger charge is -2.27. The first-order valence-corrected chi connectivity index (χ1v) is 10.3. The normalized spacial score (nSPS) is 15.3. The summed E-state index contributed by atoms with van der Waals surface area (Å²) in [7, 11) is 0. The molecule has 0 heteroatoms. The van der Waals surface area contributed by atoms with Crippen LogP contribution in [0.15, 0.2) is 30.3 Å². The summed E-state index contributed by atoms with van der Waals surface area (Å²) in [5.41, 5.74) is 1.58. The molecule has 0 aliphatic rings. The summed E-state index contributed by atoms with van der Waals surface area (Å²) >= 11 is 0. The highest BCUT2D eigenvalue weighted by molar-refractivity contribution is 5.19. The second-order valence-corrected chi connectivity index (χ2v) is 7.41. The van der Waals surface area contributed by atoms with Crippen LogP contribution in [0.1, 0.15) is 103 Å². The Morgan fingerprint density at radius 2 is 1.17 bits per heavy atom. The minimum atomic E-state index is 0.764. The highest BCUT2D eigenvalue weighted by Crippen LogP contribution is 2.35. The van der Waals surface area contributed by atoms with Gasteiger partial charge in [0, 0.05) is 0 Å². The first-order valence-electron chi connectivity index (χ1n) is 10.3. The fraction of sp³-hybridized carbons (Fsp3) is 0.739. The molecule has 0 N–H and O–H groups in total. The summed E-state index contributed by atoms with van der Waals surface area (Å²) in [6.45, 7) is 9.41. The van der Waals surface area contributed by atoms with E-state index in [0.29, 0.717) is 0 Å². The number of benzene rings is 1. The quantitative estimate of drug-likeness (QED) is 0.346. The number of unbranched alkanes of at least 4 members (excludes halogenated alkanes) is 2. The van der Waals surface area contributed by atoms with E-state index < -0.39 is 0 Å². The molecule has 23 heavy (non-hydrogen) atoms. The van der Waals surface area contributed by atoms with E-state index >= 15 is 0 Å². The summed E-state index contributed by atoms with van der Waals surface area (Å²) in [5, 5.41) is 0. The first kappa shape index (κ1) is 20.3. The molecule has 0 saturated carbocycles. The number of hydrogen-bond acceptors (Lipinski definition) is 0. The summed E-state index contributed by atoms with van der Waals surface area (Å²) in [4.78, 5) is 0. The van der Waals surface area contributed by atoms with Crippen LogP contribution in [0.2, 0.25) is 0 Å². The van der Waals surface area contributed by atoms with Crippen molar-refractivity contribution in [3.63, 3.8) is 0 Å². The molecule has 0 aliphatic heterocycles. The molecule has 132 valence electrons. The van der Waals surface area contributed by atoms with Crippen LogP contribution in [0.4, 0.5) is 0 Å². The molecule has 0 bridgehead atoms. The van der Waals surface area contributed by atoms with Crippen LogP contribution in [-0.4, -0.2) is 0 Å². The zero-order valence-corrected chi connectivity index (χ0v) is 16.2. The second-order valence-electron chi connectivity index (χ2n) is 7.41. The zero-order valence-electron chi connectivity index (χ0n) is 16.2. The van der Waals surface area contributed by atoms with Gasteiger partial charge < -0.3 is 0 Å². The van der Waals surface area contributed by atoms with Crippen LogP contribution >= 0.6 is 0 Å². The molecule has 2 unspecified atom stereocenters. The molecule has 0 fully saturated rings. The summed E-state index contributed by atoms with van der Waals surface area (Å²) < 4.78 is 0. The smallest absolute Gasteiger partial charge is 0.0157 e. The Hall–Kier alpha value is -0.780. The van der Waals surface area contributed by atoms with Gasteiger partial charge in [0.15, 0.2) is 0 Å². The third-order valence-electron chi connectivity index (χ3n) is 5.59. The molecular weight excluding hydrogens is 276 g/mol. The molecule has 0 amide bonds.